The highest BCUT2D eigenvalue weighted by Crippen LogP contribution is 2.60. The standard InChI is InChI=1S/C96H106N2O8/c1-47(2)59-31-35-75(67(39-59)55(17)18)103-79-43-71-83-72(94(100)97(93(71)99)91-63(51(9)10)27-25-28-64(91)52(11)12)45-81(105-77-37-33-61(49(5)6)41-69(77)57(21)22)87-88-82(106-78-38-34-62(50(7)8)42-70(78)58(23)24)46-74-84-73(95(101)98(96(74)102)92-65(53(13)14)29-26-30-66(92)54(15)16)44-80(86(90(84)88)85(79)89(83)87)104-76-36-32-60(48(3)4)40-68(76)56(19)20/h25-58H,1-24H3. The molecule has 0 spiro atoms. The van der Waals surface area contributed by atoms with Crippen LogP contribution < -0.4 is 28.7 Å². The van der Waals surface area contributed by atoms with Gasteiger partial charge in [-0.2, -0.15) is 0 Å². The van der Waals surface area contributed by atoms with E-state index in [9.17, 15) is 0 Å². The normalized spacial score (nSPS) is 13.6. The largest absolute Gasteiger partial charge is 0.456 e. The second-order valence-corrected chi connectivity index (χ2v) is 33.6. The van der Waals surface area contributed by atoms with Gasteiger partial charge in [0.05, 0.1) is 33.6 Å². The van der Waals surface area contributed by atoms with Gasteiger partial charge in [0.25, 0.3) is 23.6 Å². The third kappa shape index (κ3) is 12.7. The van der Waals surface area contributed by atoms with E-state index in [1.165, 1.54) is 9.80 Å². The van der Waals surface area contributed by atoms with E-state index < -0.39 is 23.6 Å². The van der Waals surface area contributed by atoms with E-state index in [0.29, 0.717) is 77.5 Å². The third-order valence-corrected chi connectivity index (χ3v) is 22.2. The van der Waals surface area contributed by atoms with Crippen LogP contribution in [0.5, 0.6) is 46.0 Å². The number of amides is 4. The number of nitrogens with zero attached hydrogens (tertiary/aromatic N) is 2. The van der Waals surface area contributed by atoms with Crippen molar-refractivity contribution in [2.75, 3.05) is 9.80 Å². The van der Waals surface area contributed by atoms with Gasteiger partial charge in [0.15, 0.2) is 0 Å². The lowest BCUT2D eigenvalue weighted by atomic mass is 9.80. The zero-order chi connectivity index (χ0) is 76.4. The van der Waals surface area contributed by atoms with Crippen molar-refractivity contribution in [1.29, 1.82) is 0 Å². The smallest absolute Gasteiger partial charge is 0.266 e. The minimum absolute atomic E-state index is 0.0312. The Labute approximate surface area is 628 Å². The van der Waals surface area contributed by atoms with Gasteiger partial charge < -0.3 is 18.9 Å². The summed E-state index contributed by atoms with van der Waals surface area (Å²) >= 11 is 0. The summed E-state index contributed by atoms with van der Waals surface area (Å²) in [6, 6.07) is 44.9. The summed E-state index contributed by atoms with van der Waals surface area (Å²) in [6.07, 6.45) is 0. The van der Waals surface area contributed by atoms with Crippen LogP contribution >= 0.6 is 0 Å². The average molecular weight is 1420 g/mol. The molecule has 10 heteroatoms. The van der Waals surface area contributed by atoms with Gasteiger partial charge in [-0.3, -0.25) is 19.2 Å². The monoisotopic (exact) mass is 1410 g/mol. The molecular weight excluding hydrogens is 1310 g/mol. The second kappa shape index (κ2) is 28.5. The third-order valence-electron chi connectivity index (χ3n) is 22.2. The molecular formula is C96H106N2O8. The van der Waals surface area contributed by atoms with Crippen molar-refractivity contribution in [3.05, 3.63) is 222 Å². The Morgan fingerprint density at radius 3 is 0.585 bits per heavy atom. The summed E-state index contributed by atoms with van der Waals surface area (Å²) in [5.74, 6) is 1.62. The van der Waals surface area contributed by atoms with Crippen LogP contribution in [0.2, 0.25) is 0 Å². The van der Waals surface area contributed by atoms with Crippen molar-refractivity contribution in [1.82, 2.24) is 0 Å². The number of carbonyl (C=O) groups is 4. The highest BCUT2D eigenvalue weighted by atomic mass is 16.5. The molecule has 0 N–H and O–H groups in total. The number of para-hydroxylation sites is 2. The van der Waals surface area contributed by atoms with Gasteiger partial charge in [-0.1, -0.05) is 251 Å². The van der Waals surface area contributed by atoms with Crippen molar-refractivity contribution in [2.24, 2.45) is 0 Å². The first-order valence-corrected chi connectivity index (χ1v) is 38.9. The lowest BCUT2D eigenvalue weighted by Gasteiger charge is -2.35. The Kier molecular flexibility index (Phi) is 20.0. The molecule has 2 aliphatic heterocycles. The molecule has 0 saturated carbocycles. The molecule has 11 aromatic rings. The molecule has 11 aromatic carbocycles. The molecule has 0 radical (unpaired) electrons. The van der Waals surface area contributed by atoms with Gasteiger partial charge in [0.2, 0.25) is 0 Å². The highest BCUT2D eigenvalue weighted by molar-refractivity contribution is 6.48. The summed E-state index contributed by atoms with van der Waals surface area (Å²) in [5.41, 5.74) is 13.8. The molecule has 0 unspecified atom stereocenters. The average Bonchev–Trinajstić information content (AvgIpc) is 0.669. The summed E-state index contributed by atoms with van der Waals surface area (Å²) < 4.78 is 31.3. The van der Waals surface area contributed by atoms with Gasteiger partial charge in [-0.15, -0.1) is 0 Å². The molecule has 13 rings (SSSR count). The topological polar surface area (TPSA) is 112 Å². The Hall–Kier alpha value is -9.80. The molecule has 0 aliphatic carbocycles. The van der Waals surface area contributed by atoms with E-state index in [0.717, 1.165) is 66.8 Å². The molecule has 2 aliphatic rings. The maximum absolute atomic E-state index is 17.0. The summed E-state index contributed by atoms with van der Waals surface area (Å²) in [6.45, 7) is 51.5. The van der Waals surface area contributed by atoms with E-state index in [1.807, 2.05) is 84.9 Å². The highest BCUT2D eigenvalue weighted by Gasteiger charge is 2.45. The van der Waals surface area contributed by atoms with Gasteiger partial charge in [-0.05, 0) is 186 Å². The summed E-state index contributed by atoms with van der Waals surface area (Å²) in [4.78, 5) is 70.6. The van der Waals surface area contributed by atoms with Crippen molar-refractivity contribution in [2.45, 2.75) is 237 Å². The number of hydrogen-bond acceptors (Lipinski definition) is 8. The molecule has 106 heavy (non-hydrogen) atoms. The number of hydrogen-bond donors (Lipinski definition) is 0. The predicted molar refractivity (Wildman–Crippen MR) is 438 cm³/mol. The molecule has 0 bridgehead atoms. The van der Waals surface area contributed by atoms with Gasteiger partial charge in [-0.25, -0.2) is 9.80 Å². The fraction of sp³-hybridized carbons (Fsp3) is 0.375. The number of anilines is 2. The van der Waals surface area contributed by atoms with E-state index in [2.05, 4.69) is 215 Å². The number of imide groups is 2. The lowest BCUT2D eigenvalue weighted by molar-refractivity contribution is 0.0877. The second-order valence-electron chi connectivity index (χ2n) is 33.6. The van der Waals surface area contributed by atoms with E-state index in [-0.39, 0.29) is 116 Å². The van der Waals surface area contributed by atoms with Crippen LogP contribution in [-0.2, 0) is 0 Å². The van der Waals surface area contributed by atoms with Crippen molar-refractivity contribution >= 4 is 78.1 Å². The van der Waals surface area contributed by atoms with Crippen LogP contribution in [-0.4, -0.2) is 23.6 Å². The Balaban J connectivity index is 1.33. The first-order chi connectivity index (χ1) is 50.2. The number of carbonyl (C=O) groups excluding carboxylic acids is 4. The maximum atomic E-state index is 17.0. The number of benzene rings is 11. The van der Waals surface area contributed by atoms with Crippen molar-refractivity contribution in [3.63, 3.8) is 0 Å². The van der Waals surface area contributed by atoms with Crippen molar-refractivity contribution < 1.29 is 38.1 Å². The first-order valence-electron chi connectivity index (χ1n) is 38.9. The number of rotatable bonds is 22. The molecule has 0 aromatic heterocycles. The molecule has 548 valence electrons. The van der Waals surface area contributed by atoms with Gasteiger partial charge in [0.1, 0.15) is 46.0 Å². The minimum atomic E-state index is -0.518. The summed E-state index contributed by atoms with van der Waals surface area (Å²) in [7, 11) is 0. The van der Waals surface area contributed by atoms with E-state index in [1.54, 1.807) is 0 Å². The van der Waals surface area contributed by atoms with Gasteiger partial charge >= 0.3 is 0 Å². The predicted octanol–water partition coefficient (Wildman–Crippen LogP) is 28.0. The number of fused-ring (bicyclic) bond motifs is 2. The van der Waals surface area contributed by atoms with E-state index >= 15 is 19.2 Å². The molecule has 4 amide bonds. The Morgan fingerprint density at radius 1 is 0.208 bits per heavy atom. The lowest BCUT2D eigenvalue weighted by Crippen LogP contribution is -2.42. The SMILES string of the molecule is CC(C)c1ccc(Oc2cc3c4c(cc(Oc5ccc(C(C)C)cc5C(C)C)c5c6c(Oc7ccc(C(C)C)cc7C(C)C)cc7c8c(cc(Oc9ccc(C(C)C)cc9C(C)C)c(c2c45)c86)C(=O)N(c2c(C(C)C)cccc2C(C)C)C7=O)C(=O)N(c2c(C(C)C)cccc2C(C)C)C3=O)c(C(C)C)c1. The fourth-order valence-corrected chi connectivity index (χ4v) is 16.1. The molecule has 0 saturated heterocycles. The molecule has 10 nitrogen and oxygen atoms in total. The molecule has 2 heterocycles. The number of ether oxygens (including phenoxy) is 4. The van der Waals surface area contributed by atoms with E-state index in [4.69, 9.17) is 18.9 Å². The zero-order valence-corrected chi connectivity index (χ0v) is 66.8. The Bertz CT molecular complexity index is 4740. The summed E-state index contributed by atoms with van der Waals surface area (Å²) in [5, 5.41) is 3.62. The fourth-order valence-electron chi connectivity index (χ4n) is 16.1. The minimum Gasteiger partial charge on any atom is -0.456 e. The molecule has 0 atom stereocenters. The van der Waals surface area contributed by atoms with Crippen molar-refractivity contribution in [3.8, 4) is 46.0 Å². The van der Waals surface area contributed by atoms with Crippen LogP contribution in [0.1, 0.15) is 345 Å². The quantitative estimate of drug-likeness (QED) is 0.0375. The van der Waals surface area contributed by atoms with Crippen LogP contribution in [0, 0.1) is 0 Å². The van der Waals surface area contributed by atoms with Crippen LogP contribution in [0.25, 0.3) is 43.1 Å². The van der Waals surface area contributed by atoms with Gasteiger partial charge in [0, 0.05) is 43.1 Å². The first kappa shape index (κ1) is 74.5. The van der Waals surface area contributed by atoms with Crippen LogP contribution in [0.15, 0.2) is 133 Å². The maximum Gasteiger partial charge on any atom is 0.266 e. The molecule has 0 fully saturated rings. The van der Waals surface area contributed by atoms with Crippen LogP contribution in [0.4, 0.5) is 11.4 Å². The zero-order valence-electron chi connectivity index (χ0n) is 66.8. The Morgan fingerprint density at radius 2 is 0.406 bits per heavy atom. The van der Waals surface area contributed by atoms with Crippen LogP contribution in [0.3, 0.4) is 0 Å².